The number of hydrogen-bond donors (Lipinski definition) is 2. The van der Waals surface area contributed by atoms with Crippen LogP contribution in [0.2, 0.25) is 0 Å². The highest BCUT2D eigenvalue weighted by Crippen LogP contribution is 2.29. The van der Waals surface area contributed by atoms with Gasteiger partial charge in [0.1, 0.15) is 16.8 Å². The predicted octanol–water partition coefficient (Wildman–Crippen LogP) is 4.39. The average molecular weight is 730 g/mol. The number of nitrogens with zero attached hydrogens (tertiary/aromatic N) is 4. The number of urea groups is 1. The molecule has 0 radical (unpaired) electrons. The maximum atomic E-state index is 14.3. The Morgan fingerprint density at radius 2 is 1.74 bits per heavy atom. The summed E-state index contributed by atoms with van der Waals surface area (Å²) in [5.74, 6) is 0.0668. The number of rotatable bonds is 17. The Balaban J connectivity index is 1.58. The summed E-state index contributed by atoms with van der Waals surface area (Å²) >= 11 is 1.47. The van der Waals surface area contributed by atoms with Crippen LogP contribution in [0.3, 0.4) is 0 Å². The van der Waals surface area contributed by atoms with E-state index in [2.05, 4.69) is 10.3 Å². The molecule has 3 amide bonds. The van der Waals surface area contributed by atoms with Crippen molar-refractivity contribution in [3.63, 3.8) is 0 Å². The molecule has 2 heterocycles. The molecule has 0 saturated carbocycles. The van der Waals surface area contributed by atoms with Gasteiger partial charge in [-0.3, -0.25) is 4.79 Å². The molecule has 0 aliphatic carbocycles. The van der Waals surface area contributed by atoms with E-state index in [0.29, 0.717) is 32.0 Å². The molecule has 2 aromatic carbocycles. The molecule has 14 heteroatoms. The van der Waals surface area contributed by atoms with E-state index in [-0.39, 0.29) is 36.4 Å². The molecule has 3 aromatic rings. The number of amides is 3. The van der Waals surface area contributed by atoms with Crippen LogP contribution in [0, 0.1) is 11.3 Å². The smallest absolute Gasteiger partial charge is 0.321 e. The third-order valence-corrected chi connectivity index (χ3v) is 11.2. The van der Waals surface area contributed by atoms with Gasteiger partial charge in [0.2, 0.25) is 15.9 Å². The highest BCUT2D eigenvalue weighted by Gasteiger charge is 2.44. The molecule has 50 heavy (non-hydrogen) atoms. The first kappa shape index (κ1) is 39.2. The molecule has 1 saturated heterocycles. The van der Waals surface area contributed by atoms with E-state index in [1.807, 2.05) is 70.3 Å². The maximum Gasteiger partial charge on any atom is 0.321 e. The van der Waals surface area contributed by atoms with Gasteiger partial charge in [-0.2, -0.15) is 4.31 Å². The molecule has 1 aliphatic heterocycles. The van der Waals surface area contributed by atoms with Crippen LogP contribution in [0.25, 0.3) is 0 Å². The van der Waals surface area contributed by atoms with Gasteiger partial charge in [0.25, 0.3) is 0 Å². The zero-order valence-corrected chi connectivity index (χ0v) is 31.7. The van der Waals surface area contributed by atoms with Gasteiger partial charge in [-0.1, -0.05) is 65.0 Å². The van der Waals surface area contributed by atoms with Crippen molar-refractivity contribution in [3.8, 4) is 5.75 Å². The molecule has 1 aromatic heterocycles. The van der Waals surface area contributed by atoms with Crippen molar-refractivity contribution in [2.45, 2.75) is 77.3 Å². The Kier molecular flexibility index (Phi) is 13.4. The lowest BCUT2D eigenvalue weighted by molar-refractivity contribution is -0.130. The van der Waals surface area contributed by atoms with Gasteiger partial charge in [-0.25, -0.2) is 18.2 Å². The maximum absolute atomic E-state index is 14.3. The van der Waals surface area contributed by atoms with E-state index in [1.54, 1.807) is 29.0 Å². The summed E-state index contributed by atoms with van der Waals surface area (Å²) in [6, 6.07) is 13.5. The quantitative estimate of drug-likeness (QED) is 0.209. The van der Waals surface area contributed by atoms with Crippen LogP contribution in [-0.2, 0) is 39.1 Å². The number of aliphatic hydroxyl groups excluding tert-OH is 1. The molecule has 2 N–H and O–H groups in total. The molecule has 274 valence electrons. The number of ether oxygens (including phenoxy) is 2. The van der Waals surface area contributed by atoms with Crippen LogP contribution in [0.1, 0.15) is 50.9 Å². The van der Waals surface area contributed by atoms with E-state index in [9.17, 15) is 23.1 Å². The number of thiazole rings is 1. The first-order valence-corrected chi connectivity index (χ1v) is 19.1. The Bertz CT molecular complexity index is 1660. The van der Waals surface area contributed by atoms with Crippen LogP contribution < -0.4 is 10.1 Å². The Hall–Kier alpha value is -3.56. The molecule has 1 fully saturated rings. The number of methoxy groups -OCH3 is 2. The van der Waals surface area contributed by atoms with Gasteiger partial charge in [0.15, 0.2) is 0 Å². The number of hydrogen-bond acceptors (Lipinski definition) is 9. The fourth-order valence-corrected chi connectivity index (χ4v) is 8.50. The molecule has 4 rings (SSSR count). The lowest BCUT2D eigenvalue weighted by atomic mass is 9.84. The van der Waals surface area contributed by atoms with E-state index < -0.39 is 39.5 Å². The first-order chi connectivity index (χ1) is 23.6. The van der Waals surface area contributed by atoms with Crippen LogP contribution >= 0.6 is 11.3 Å². The Labute approximate surface area is 300 Å². The van der Waals surface area contributed by atoms with Crippen molar-refractivity contribution in [3.05, 3.63) is 76.2 Å². The Morgan fingerprint density at radius 3 is 2.34 bits per heavy atom. The lowest BCUT2D eigenvalue weighted by Crippen LogP contribution is -2.59. The predicted molar refractivity (Wildman–Crippen MR) is 193 cm³/mol. The molecular formula is C36H51N5O7S2. The minimum atomic E-state index is -4.01. The molecule has 12 nitrogen and oxygen atoms in total. The van der Waals surface area contributed by atoms with E-state index in [1.165, 1.54) is 34.9 Å². The molecule has 1 aliphatic rings. The van der Waals surface area contributed by atoms with Gasteiger partial charge >= 0.3 is 6.03 Å². The molecule has 1 unspecified atom stereocenters. The summed E-state index contributed by atoms with van der Waals surface area (Å²) < 4.78 is 39.4. The van der Waals surface area contributed by atoms with Crippen molar-refractivity contribution < 1.29 is 32.6 Å². The zero-order chi connectivity index (χ0) is 36.6. The van der Waals surface area contributed by atoms with Crippen molar-refractivity contribution in [2.75, 3.05) is 40.4 Å². The number of carbonyl (C=O) groups excluding carboxylic acids is 2. The number of carbonyl (C=O) groups is 2. The van der Waals surface area contributed by atoms with Crippen molar-refractivity contribution in [1.82, 2.24) is 24.4 Å². The van der Waals surface area contributed by atoms with Gasteiger partial charge in [0, 0.05) is 38.7 Å². The highest BCUT2D eigenvalue weighted by molar-refractivity contribution is 7.89. The summed E-state index contributed by atoms with van der Waals surface area (Å²) in [5.41, 5.74) is 0.957. The summed E-state index contributed by atoms with van der Waals surface area (Å²) in [6.45, 7) is 10.9. The number of nitrogens with one attached hydrogen (secondary N) is 1. The second-order valence-corrected chi connectivity index (χ2v) is 17.0. The van der Waals surface area contributed by atoms with Gasteiger partial charge in [-0.15, -0.1) is 11.3 Å². The van der Waals surface area contributed by atoms with E-state index >= 15 is 0 Å². The molecule has 0 bridgehead atoms. The minimum absolute atomic E-state index is 0.0392. The van der Waals surface area contributed by atoms with Crippen LogP contribution in [0.4, 0.5) is 4.79 Å². The normalized spacial score (nSPS) is 15.8. The largest absolute Gasteiger partial charge is 0.497 e. The van der Waals surface area contributed by atoms with Crippen LogP contribution in [0.5, 0.6) is 5.75 Å². The van der Waals surface area contributed by atoms with Crippen molar-refractivity contribution >= 4 is 33.3 Å². The second kappa shape index (κ2) is 17.1. The van der Waals surface area contributed by atoms with E-state index in [0.717, 1.165) is 16.3 Å². The van der Waals surface area contributed by atoms with Crippen LogP contribution in [-0.4, -0.2) is 103 Å². The summed E-state index contributed by atoms with van der Waals surface area (Å²) in [6.07, 6.45) is -1.03. The monoisotopic (exact) mass is 729 g/mol. The summed E-state index contributed by atoms with van der Waals surface area (Å²) in [4.78, 5) is 36.0. The molecule has 3 atom stereocenters. The van der Waals surface area contributed by atoms with Crippen molar-refractivity contribution in [1.29, 1.82) is 0 Å². The minimum Gasteiger partial charge on any atom is -0.497 e. The molecular weight excluding hydrogens is 679 g/mol. The van der Waals surface area contributed by atoms with Gasteiger partial charge < -0.3 is 29.7 Å². The van der Waals surface area contributed by atoms with Crippen LogP contribution in [0.15, 0.2) is 64.9 Å². The number of aliphatic hydroxyl groups is 1. The summed E-state index contributed by atoms with van der Waals surface area (Å²) in [7, 11) is -0.895. The van der Waals surface area contributed by atoms with Gasteiger partial charge in [0.05, 0.1) is 43.0 Å². The second-order valence-electron chi connectivity index (χ2n) is 14.1. The summed E-state index contributed by atoms with van der Waals surface area (Å²) in [5, 5.41) is 17.6. The van der Waals surface area contributed by atoms with Gasteiger partial charge in [-0.05, 0) is 47.6 Å². The van der Waals surface area contributed by atoms with E-state index in [4.69, 9.17) is 9.47 Å². The Morgan fingerprint density at radius 1 is 1.06 bits per heavy atom. The number of aromatic nitrogens is 1. The molecule has 0 spiro atoms. The first-order valence-electron chi connectivity index (χ1n) is 16.8. The average Bonchev–Trinajstić information content (AvgIpc) is 3.66. The van der Waals surface area contributed by atoms with Crippen molar-refractivity contribution in [2.24, 2.45) is 11.3 Å². The number of benzene rings is 2. The topological polar surface area (TPSA) is 142 Å². The number of sulfonamides is 1. The SMILES string of the molecule is COCc1nc(CN2CCN(C(C(=O)N[C@@H](Cc3ccccc3)[C@H](O)CN(CC(C)C)S(=O)(=O)c3ccc(OC)cc3)C(C)(C)C)C2=O)cs1. The fourth-order valence-electron chi connectivity index (χ4n) is 6.12. The third kappa shape index (κ3) is 10.0. The zero-order valence-electron chi connectivity index (χ0n) is 30.0. The third-order valence-electron chi connectivity index (χ3n) is 8.47. The standard InChI is InChI=1S/C36H51N5O7S2/c1-25(2)20-40(50(45,46)29-15-13-28(48-7)14-16-29)22-31(42)30(19-26-11-9-8-10-12-26)38-34(43)33(36(3,4)5)41-18-17-39(35(41)44)21-27-24-49-32(37-27)23-47-6/h8-16,24-25,30-31,33,42H,17-23H2,1-7H3,(H,38,43)/t30-,31+,33?/m0/s1. The lowest BCUT2D eigenvalue weighted by Gasteiger charge is -2.38. The fraction of sp³-hybridized carbons (Fsp3) is 0.528. The highest BCUT2D eigenvalue weighted by atomic mass is 32.2.